The van der Waals surface area contributed by atoms with Crippen molar-refractivity contribution in [1.29, 1.82) is 5.26 Å². The second-order valence-corrected chi connectivity index (χ2v) is 4.04. The van der Waals surface area contributed by atoms with Gasteiger partial charge in [0.1, 0.15) is 17.6 Å². The van der Waals surface area contributed by atoms with Gasteiger partial charge in [-0.3, -0.25) is 0 Å². The molecule has 0 atom stereocenters. The number of rotatable bonds is 1. The van der Waals surface area contributed by atoms with Crippen LogP contribution in [0.5, 0.6) is 5.75 Å². The maximum atomic E-state index is 13.2. The van der Waals surface area contributed by atoms with E-state index in [0.29, 0.717) is 12.1 Å². The van der Waals surface area contributed by atoms with Crippen LogP contribution >= 0.6 is 0 Å². The normalized spacial score (nSPS) is 11.2. The topological polar surface area (TPSA) is 44.0 Å². The van der Waals surface area contributed by atoms with Crippen molar-refractivity contribution in [2.24, 2.45) is 0 Å². The molecule has 20 heavy (non-hydrogen) atoms. The van der Waals surface area contributed by atoms with Gasteiger partial charge in [0.15, 0.2) is 0 Å². The number of phenolic OH excluding ortho intramolecular Hbond substituents is 1. The minimum atomic E-state index is -4.80. The van der Waals surface area contributed by atoms with Gasteiger partial charge in [0.05, 0.1) is 11.1 Å². The molecule has 0 saturated carbocycles. The summed E-state index contributed by atoms with van der Waals surface area (Å²) in [5.41, 5.74) is -1.02. The van der Waals surface area contributed by atoms with E-state index in [1.807, 2.05) is 0 Å². The fourth-order valence-electron chi connectivity index (χ4n) is 1.73. The van der Waals surface area contributed by atoms with Gasteiger partial charge in [0.25, 0.3) is 0 Å². The number of aromatic hydroxyl groups is 1. The lowest BCUT2D eigenvalue weighted by molar-refractivity contribution is -0.139. The highest BCUT2D eigenvalue weighted by Crippen LogP contribution is 2.35. The van der Waals surface area contributed by atoms with Gasteiger partial charge in [0.2, 0.25) is 0 Å². The predicted octanol–water partition coefficient (Wildman–Crippen LogP) is 4.09. The third kappa shape index (κ3) is 2.57. The van der Waals surface area contributed by atoms with Gasteiger partial charge in [-0.1, -0.05) is 12.1 Å². The number of hydrogen-bond donors (Lipinski definition) is 1. The minimum absolute atomic E-state index is 0.00639. The Labute approximate surface area is 111 Å². The van der Waals surface area contributed by atoms with Crippen molar-refractivity contribution in [3.63, 3.8) is 0 Å². The first-order valence-electron chi connectivity index (χ1n) is 5.43. The first kappa shape index (κ1) is 13.9. The molecule has 2 aromatic carbocycles. The van der Waals surface area contributed by atoms with Crippen molar-refractivity contribution in [2.45, 2.75) is 6.18 Å². The van der Waals surface area contributed by atoms with Gasteiger partial charge >= 0.3 is 6.18 Å². The summed E-state index contributed by atoms with van der Waals surface area (Å²) >= 11 is 0. The summed E-state index contributed by atoms with van der Waals surface area (Å²) in [5.74, 6) is -1.71. The average molecular weight is 281 g/mol. The first-order chi connectivity index (χ1) is 9.32. The number of nitriles is 1. The van der Waals surface area contributed by atoms with E-state index in [4.69, 9.17) is 5.26 Å². The molecule has 0 aromatic heterocycles. The molecule has 0 bridgehead atoms. The average Bonchev–Trinajstić information content (AvgIpc) is 2.37. The molecule has 0 unspecified atom stereocenters. The van der Waals surface area contributed by atoms with Gasteiger partial charge in [-0.25, -0.2) is 4.39 Å². The van der Waals surface area contributed by atoms with E-state index in [-0.39, 0.29) is 22.4 Å². The van der Waals surface area contributed by atoms with Crippen LogP contribution in [0.25, 0.3) is 11.1 Å². The lowest BCUT2D eigenvalue weighted by Crippen LogP contribution is -2.08. The summed E-state index contributed by atoms with van der Waals surface area (Å²) in [6, 6.07) is 8.10. The Morgan fingerprint density at radius 1 is 1.00 bits per heavy atom. The van der Waals surface area contributed by atoms with Crippen LogP contribution in [-0.2, 0) is 6.18 Å². The summed E-state index contributed by atoms with van der Waals surface area (Å²) in [5, 5.41) is 18.2. The number of phenols is 1. The van der Waals surface area contributed by atoms with Crippen LogP contribution in [0, 0.1) is 17.1 Å². The highest BCUT2D eigenvalue weighted by Gasteiger charge is 2.34. The van der Waals surface area contributed by atoms with Crippen molar-refractivity contribution in [2.75, 3.05) is 0 Å². The molecule has 0 aliphatic carbocycles. The van der Waals surface area contributed by atoms with Crippen LogP contribution in [0.4, 0.5) is 17.6 Å². The Morgan fingerprint density at radius 2 is 1.60 bits per heavy atom. The molecule has 0 amide bonds. The van der Waals surface area contributed by atoms with Crippen molar-refractivity contribution < 1.29 is 22.7 Å². The molecule has 6 heteroatoms. The van der Waals surface area contributed by atoms with Crippen molar-refractivity contribution in [1.82, 2.24) is 0 Å². The quantitative estimate of drug-likeness (QED) is 0.800. The molecular weight excluding hydrogens is 274 g/mol. The Balaban J connectivity index is 2.55. The highest BCUT2D eigenvalue weighted by atomic mass is 19.4. The van der Waals surface area contributed by atoms with Crippen molar-refractivity contribution in [3.8, 4) is 22.9 Å². The Bertz CT molecular complexity index is 701. The zero-order valence-corrected chi connectivity index (χ0v) is 9.87. The monoisotopic (exact) mass is 281 g/mol. The molecule has 2 aromatic rings. The predicted molar refractivity (Wildman–Crippen MR) is 63.2 cm³/mol. The zero-order valence-electron chi connectivity index (χ0n) is 9.87. The third-order valence-electron chi connectivity index (χ3n) is 2.72. The van der Waals surface area contributed by atoms with Gasteiger partial charge < -0.3 is 5.11 Å². The van der Waals surface area contributed by atoms with Crippen LogP contribution in [-0.4, -0.2) is 5.11 Å². The molecule has 0 heterocycles. The summed E-state index contributed by atoms with van der Waals surface area (Å²) in [6.07, 6.45) is -4.80. The van der Waals surface area contributed by atoms with E-state index in [1.54, 1.807) is 6.07 Å². The van der Waals surface area contributed by atoms with Gasteiger partial charge in [-0.15, -0.1) is 0 Å². The SMILES string of the molecule is N#Cc1ccc(-c2ccc(F)c(C(F)(F)F)c2)cc1O. The Kier molecular flexibility index (Phi) is 3.36. The number of halogens is 4. The van der Waals surface area contributed by atoms with E-state index in [2.05, 4.69) is 0 Å². The number of nitrogens with zero attached hydrogens (tertiary/aromatic N) is 1. The molecule has 0 spiro atoms. The van der Waals surface area contributed by atoms with Crippen LogP contribution < -0.4 is 0 Å². The molecule has 2 nitrogen and oxygen atoms in total. The van der Waals surface area contributed by atoms with Crippen LogP contribution in [0.1, 0.15) is 11.1 Å². The molecule has 1 N–H and O–H groups in total. The summed E-state index contributed by atoms with van der Waals surface area (Å²) in [4.78, 5) is 0. The van der Waals surface area contributed by atoms with Crippen LogP contribution in [0.15, 0.2) is 36.4 Å². The highest BCUT2D eigenvalue weighted by molar-refractivity contribution is 5.67. The van der Waals surface area contributed by atoms with E-state index < -0.39 is 17.6 Å². The third-order valence-corrected chi connectivity index (χ3v) is 2.72. The summed E-state index contributed by atoms with van der Waals surface area (Å²) < 4.78 is 51.0. The number of alkyl halides is 3. The second kappa shape index (κ2) is 4.85. The molecule has 0 aliphatic heterocycles. The molecule has 102 valence electrons. The number of hydrogen-bond acceptors (Lipinski definition) is 2. The zero-order chi connectivity index (χ0) is 14.9. The van der Waals surface area contributed by atoms with Crippen molar-refractivity contribution in [3.05, 3.63) is 53.3 Å². The Hall–Kier alpha value is -2.55. The van der Waals surface area contributed by atoms with E-state index >= 15 is 0 Å². The van der Waals surface area contributed by atoms with Gasteiger partial charge in [0, 0.05) is 0 Å². The fraction of sp³-hybridized carbons (Fsp3) is 0.0714. The van der Waals surface area contributed by atoms with Crippen molar-refractivity contribution >= 4 is 0 Å². The molecular formula is C14H7F4NO. The molecule has 2 rings (SSSR count). The standard InChI is InChI=1S/C14H7F4NO/c15-12-4-3-8(5-11(12)14(16,17)18)9-1-2-10(7-19)13(20)6-9/h1-6,20H. The van der Waals surface area contributed by atoms with E-state index in [0.717, 1.165) is 6.07 Å². The second-order valence-electron chi connectivity index (χ2n) is 4.04. The maximum absolute atomic E-state index is 13.2. The molecule has 0 saturated heterocycles. The minimum Gasteiger partial charge on any atom is -0.507 e. The van der Waals surface area contributed by atoms with E-state index in [1.165, 1.54) is 18.2 Å². The van der Waals surface area contributed by atoms with Gasteiger partial charge in [-0.2, -0.15) is 18.4 Å². The Morgan fingerprint density at radius 3 is 2.15 bits per heavy atom. The largest absolute Gasteiger partial charge is 0.507 e. The number of benzene rings is 2. The molecule has 0 aliphatic rings. The van der Waals surface area contributed by atoms with Crippen LogP contribution in [0.2, 0.25) is 0 Å². The maximum Gasteiger partial charge on any atom is 0.419 e. The fourth-order valence-corrected chi connectivity index (χ4v) is 1.73. The first-order valence-corrected chi connectivity index (χ1v) is 5.43. The van der Waals surface area contributed by atoms with Crippen LogP contribution in [0.3, 0.4) is 0 Å². The molecule has 0 radical (unpaired) electrons. The smallest absolute Gasteiger partial charge is 0.419 e. The summed E-state index contributed by atoms with van der Waals surface area (Å²) in [6.45, 7) is 0. The van der Waals surface area contributed by atoms with E-state index in [9.17, 15) is 22.7 Å². The lowest BCUT2D eigenvalue weighted by Gasteiger charge is -2.10. The molecule has 0 fully saturated rings. The summed E-state index contributed by atoms with van der Waals surface area (Å²) in [7, 11) is 0. The lowest BCUT2D eigenvalue weighted by atomic mass is 10.0. The van der Waals surface area contributed by atoms with Gasteiger partial charge in [-0.05, 0) is 35.4 Å².